The summed E-state index contributed by atoms with van der Waals surface area (Å²) in [6.45, 7) is 3.91. The first-order chi connectivity index (χ1) is 9.06. The second-order valence-electron chi connectivity index (χ2n) is 3.94. The number of rotatable bonds is 4. The van der Waals surface area contributed by atoms with E-state index in [-0.39, 0.29) is 17.5 Å². The van der Waals surface area contributed by atoms with E-state index in [0.717, 1.165) is 24.0 Å². The van der Waals surface area contributed by atoms with Crippen LogP contribution in [0.3, 0.4) is 0 Å². The third kappa shape index (κ3) is 2.37. The highest BCUT2D eigenvalue weighted by Crippen LogP contribution is 2.22. The van der Waals surface area contributed by atoms with Gasteiger partial charge in [0.1, 0.15) is 6.20 Å². The van der Waals surface area contributed by atoms with E-state index in [1.807, 2.05) is 19.9 Å². The molecular formula is C11H14N6O2. The lowest BCUT2D eigenvalue weighted by Gasteiger charge is -2.05. The summed E-state index contributed by atoms with van der Waals surface area (Å²) in [5.74, 6) is 0.0882. The quantitative estimate of drug-likeness (QED) is 0.655. The van der Waals surface area contributed by atoms with E-state index in [1.54, 1.807) is 0 Å². The Morgan fingerprint density at radius 2 is 2.16 bits per heavy atom. The highest BCUT2D eigenvalue weighted by atomic mass is 16.6. The number of anilines is 1. The van der Waals surface area contributed by atoms with Crippen LogP contribution in [0.4, 0.5) is 11.6 Å². The van der Waals surface area contributed by atoms with Gasteiger partial charge in [0.2, 0.25) is 11.8 Å². The van der Waals surface area contributed by atoms with Gasteiger partial charge in [-0.25, -0.2) is 9.67 Å². The van der Waals surface area contributed by atoms with Crippen LogP contribution < -0.4 is 5.73 Å². The van der Waals surface area contributed by atoms with Crippen LogP contribution in [0.25, 0.3) is 5.82 Å². The second kappa shape index (κ2) is 5.01. The van der Waals surface area contributed by atoms with Crippen LogP contribution in [0.5, 0.6) is 0 Å². The van der Waals surface area contributed by atoms with Gasteiger partial charge in [0, 0.05) is 5.69 Å². The molecule has 0 aromatic carbocycles. The minimum Gasteiger partial charge on any atom is -0.368 e. The van der Waals surface area contributed by atoms with E-state index in [4.69, 9.17) is 5.73 Å². The van der Waals surface area contributed by atoms with Gasteiger partial charge < -0.3 is 5.73 Å². The van der Waals surface area contributed by atoms with E-state index in [2.05, 4.69) is 15.1 Å². The molecule has 0 radical (unpaired) electrons. The van der Waals surface area contributed by atoms with Crippen LogP contribution in [-0.4, -0.2) is 24.7 Å². The van der Waals surface area contributed by atoms with E-state index in [0.29, 0.717) is 6.42 Å². The van der Waals surface area contributed by atoms with Crippen molar-refractivity contribution in [1.82, 2.24) is 19.7 Å². The summed E-state index contributed by atoms with van der Waals surface area (Å²) >= 11 is 0. The van der Waals surface area contributed by atoms with Crippen molar-refractivity contribution >= 4 is 11.6 Å². The van der Waals surface area contributed by atoms with E-state index in [1.165, 1.54) is 4.68 Å². The smallest absolute Gasteiger partial charge is 0.332 e. The molecule has 100 valence electrons. The van der Waals surface area contributed by atoms with Crippen molar-refractivity contribution in [2.45, 2.75) is 26.7 Å². The van der Waals surface area contributed by atoms with Gasteiger partial charge in [-0.15, -0.1) is 0 Å². The van der Waals surface area contributed by atoms with Crippen LogP contribution in [0.2, 0.25) is 0 Å². The average molecular weight is 262 g/mol. The Hall–Kier alpha value is -2.51. The molecule has 2 aromatic heterocycles. The molecule has 0 aliphatic carbocycles. The molecule has 0 bridgehead atoms. The topological polar surface area (TPSA) is 113 Å². The Labute approximate surface area is 109 Å². The Kier molecular flexibility index (Phi) is 3.41. The predicted molar refractivity (Wildman–Crippen MR) is 69.0 cm³/mol. The summed E-state index contributed by atoms with van der Waals surface area (Å²) in [5.41, 5.74) is 6.99. The number of nitrogen functional groups attached to an aromatic ring is 1. The molecule has 2 rings (SSSR count). The summed E-state index contributed by atoms with van der Waals surface area (Å²) in [6, 6.07) is 1.90. The molecule has 8 heteroatoms. The summed E-state index contributed by atoms with van der Waals surface area (Å²) in [4.78, 5) is 18.1. The molecule has 0 aliphatic rings. The van der Waals surface area contributed by atoms with Crippen molar-refractivity contribution in [3.05, 3.63) is 33.8 Å². The number of nitro groups is 1. The van der Waals surface area contributed by atoms with Crippen LogP contribution in [-0.2, 0) is 12.8 Å². The molecule has 0 fully saturated rings. The van der Waals surface area contributed by atoms with Crippen LogP contribution in [0.1, 0.15) is 25.2 Å². The first-order valence-corrected chi connectivity index (χ1v) is 5.91. The van der Waals surface area contributed by atoms with Crippen LogP contribution >= 0.6 is 0 Å². The Balaban J connectivity index is 2.66. The molecule has 0 spiro atoms. The molecule has 19 heavy (non-hydrogen) atoms. The fourth-order valence-corrected chi connectivity index (χ4v) is 1.75. The largest absolute Gasteiger partial charge is 0.368 e. The average Bonchev–Trinajstić information content (AvgIpc) is 2.81. The molecular weight excluding hydrogens is 248 g/mol. The second-order valence-corrected chi connectivity index (χ2v) is 3.94. The minimum atomic E-state index is -0.540. The van der Waals surface area contributed by atoms with E-state index >= 15 is 0 Å². The predicted octanol–water partition coefficient (Wildman–Crippen LogP) is 1.28. The molecule has 2 heterocycles. The van der Waals surface area contributed by atoms with Crippen molar-refractivity contribution in [1.29, 1.82) is 0 Å². The van der Waals surface area contributed by atoms with Gasteiger partial charge >= 0.3 is 5.69 Å². The molecule has 0 saturated heterocycles. The number of nitrogens with two attached hydrogens (primary N) is 1. The zero-order valence-electron chi connectivity index (χ0n) is 10.7. The molecule has 2 N–H and O–H groups in total. The number of hydrogen-bond donors (Lipinski definition) is 1. The summed E-state index contributed by atoms with van der Waals surface area (Å²) < 4.78 is 1.47. The van der Waals surface area contributed by atoms with Gasteiger partial charge in [-0.2, -0.15) is 10.1 Å². The van der Waals surface area contributed by atoms with E-state index in [9.17, 15) is 10.1 Å². The van der Waals surface area contributed by atoms with Crippen molar-refractivity contribution in [3.63, 3.8) is 0 Å². The monoisotopic (exact) mass is 262 g/mol. The normalized spacial score (nSPS) is 10.6. The number of aryl methyl sites for hydroxylation is 2. The third-order valence-electron chi connectivity index (χ3n) is 2.72. The summed E-state index contributed by atoms with van der Waals surface area (Å²) in [7, 11) is 0. The molecule has 0 amide bonds. The molecule has 0 aliphatic heterocycles. The van der Waals surface area contributed by atoms with Crippen molar-refractivity contribution < 1.29 is 4.92 Å². The fourth-order valence-electron chi connectivity index (χ4n) is 1.75. The lowest BCUT2D eigenvalue weighted by molar-refractivity contribution is -0.385. The van der Waals surface area contributed by atoms with Gasteiger partial charge in [0.05, 0.1) is 10.6 Å². The highest BCUT2D eigenvalue weighted by molar-refractivity contribution is 5.48. The van der Waals surface area contributed by atoms with Gasteiger partial charge in [0.25, 0.3) is 0 Å². The lowest BCUT2D eigenvalue weighted by Crippen LogP contribution is -2.10. The van der Waals surface area contributed by atoms with Crippen LogP contribution in [0.15, 0.2) is 12.3 Å². The van der Waals surface area contributed by atoms with Crippen LogP contribution in [0, 0.1) is 10.1 Å². The molecule has 2 aromatic rings. The maximum atomic E-state index is 11.0. The van der Waals surface area contributed by atoms with Gasteiger partial charge in [0.15, 0.2) is 0 Å². The standard InChI is InChI=1S/C11H14N6O2/c1-3-7-5-8(4-2)16(15-7)10-9(17(18)19)6-13-11(12)14-10/h5-6H,3-4H2,1-2H3,(H2,12,13,14). The molecule has 0 unspecified atom stereocenters. The molecule has 0 saturated carbocycles. The van der Waals surface area contributed by atoms with Gasteiger partial charge in [-0.1, -0.05) is 13.8 Å². The fraction of sp³-hybridized carbons (Fsp3) is 0.364. The number of aromatic nitrogens is 4. The maximum Gasteiger partial charge on any atom is 0.332 e. The minimum absolute atomic E-state index is 0.0174. The highest BCUT2D eigenvalue weighted by Gasteiger charge is 2.21. The first kappa shape index (κ1) is 12.9. The summed E-state index contributed by atoms with van der Waals surface area (Å²) in [6.07, 6.45) is 2.53. The Morgan fingerprint density at radius 1 is 1.42 bits per heavy atom. The maximum absolute atomic E-state index is 11.0. The molecule has 8 nitrogen and oxygen atoms in total. The lowest BCUT2D eigenvalue weighted by atomic mass is 10.2. The van der Waals surface area contributed by atoms with Gasteiger partial charge in [-0.3, -0.25) is 10.1 Å². The Morgan fingerprint density at radius 3 is 2.74 bits per heavy atom. The molecule has 0 atom stereocenters. The number of hydrogen-bond acceptors (Lipinski definition) is 6. The summed E-state index contributed by atoms with van der Waals surface area (Å²) in [5, 5.41) is 15.3. The third-order valence-corrected chi connectivity index (χ3v) is 2.72. The zero-order chi connectivity index (χ0) is 14.0. The van der Waals surface area contributed by atoms with Crippen molar-refractivity contribution in [2.24, 2.45) is 0 Å². The van der Waals surface area contributed by atoms with Crippen molar-refractivity contribution in [2.75, 3.05) is 5.73 Å². The number of nitrogens with zero attached hydrogens (tertiary/aromatic N) is 5. The van der Waals surface area contributed by atoms with E-state index < -0.39 is 4.92 Å². The van der Waals surface area contributed by atoms with Crippen molar-refractivity contribution in [3.8, 4) is 5.82 Å². The first-order valence-electron chi connectivity index (χ1n) is 5.91. The van der Waals surface area contributed by atoms with Gasteiger partial charge in [-0.05, 0) is 18.9 Å². The Bertz CT molecular complexity index is 622. The zero-order valence-corrected chi connectivity index (χ0v) is 10.7. The SMILES string of the molecule is CCc1cc(CC)n(-c2nc(N)ncc2[N+](=O)[O-])n1.